The normalized spacial score (nSPS) is 19.2. The second-order valence-corrected chi connectivity index (χ2v) is 8.92. The molecule has 1 amide bonds. The summed E-state index contributed by atoms with van der Waals surface area (Å²) in [5, 5.41) is 1.88. The molecule has 2 aromatic rings. The monoisotopic (exact) mass is 376 g/mol. The summed E-state index contributed by atoms with van der Waals surface area (Å²) in [6, 6.07) is 0. The maximum Gasteiger partial charge on any atom is 0.273 e. The van der Waals surface area contributed by atoms with Crippen molar-refractivity contribution in [2.24, 2.45) is 5.92 Å². The molecule has 1 aliphatic heterocycles. The number of amides is 1. The van der Waals surface area contributed by atoms with Crippen LogP contribution in [0.25, 0.3) is 0 Å². The molecule has 2 aliphatic rings. The number of rotatable bonds is 5. The number of carbonyl (C=O) groups excluding carboxylic acids is 1. The number of piperidine rings is 1. The molecule has 3 heterocycles. The number of thiazole rings is 1. The number of imidazole rings is 1. The maximum absolute atomic E-state index is 12.6. The predicted molar refractivity (Wildman–Crippen MR) is 101 cm³/mol. The van der Waals surface area contributed by atoms with Crippen molar-refractivity contribution >= 4 is 29.0 Å². The Morgan fingerprint density at radius 1 is 1.32 bits per heavy atom. The van der Waals surface area contributed by atoms with E-state index in [1.165, 1.54) is 25.1 Å². The molecule has 7 heteroatoms. The first-order valence-corrected chi connectivity index (χ1v) is 11.1. The molecule has 0 aromatic carbocycles. The van der Waals surface area contributed by atoms with Crippen LogP contribution in [0, 0.1) is 5.92 Å². The van der Waals surface area contributed by atoms with Gasteiger partial charge in [0, 0.05) is 43.3 Å². The molecule has 0 atom stereocenters. The van der Waals surface area contributed by atoms with Crippen LogP contribution in [0.15, 0.2) is 22.1 Å². The van der Waals surface area contributed by atoms with E-state index in [0.717, 1.165) is 42.7 Å². The van der Waals surface area contributed by atoms with Crippen LogP contribution < -0.4 is 0 Å². The predicted octanol–water partition coefficient (Wildman–Crippen LogP) is 3.88. The van der Waals surface area contributed by atoms with Crippen LogP contribution in [-0.2, 0) is 6.54 Å². The van der Waals surface area contributed by atoms with Crippen molar-refractivity contribution in [1.29, 1.82) is 0 Å². The van der Waals surface area contributed by atoms with Crippen LogP contribution in [0.3, 0.4) is 0 Å². The summed E-state index contributed by atoms with van der Waals surface area (Å²) in [4.78, 5) is 23.6. The Labute approximate surface area is 156 Å². The molecule has 0 bridgehead atoms. The number of hydrogen-bond donors (Lipinski definition) is 0. The summed E-state index contributed by atoms with van der Waals surface area (Å²) in [6.45, 7) is 2.71. The lowest BCUT2D eigenvalue weighted by Gasteiger charge is -2.32. The fourth-order valence-electron chi connectivity index (χ4n) is 3.74. The van der Waals surface area contributed by atoms with Gasteiger partial charge in [-0.2, -0.15) is 0 Å². The lowest BCUT2D eigenvalue weighted by atomic mass is 9.85. The highest BCUT2D eigenvalue weighted by atomic mass is 32.2. The van der Waals surface area contributed by atoms with Crippen LogP contribution in [0.4, 0.5) is 0 Å². The van der Waals surface area contributed by atoms with E-state index in [0.29, 0.717) is 11.6 Å². The topological polar surface area (TPSA) is 51.0 Å². The Kier molecular flexibility index (Phi) is 5.12. The summed E-state index contributed by atoms with van der Waals surface area (Å²) < 4.78 is 3.31. The van der Waals surface area contributed by atoms with Gasteiger partial charge in [0.15, 0.2) is 0 Å². The van der Waals surface area contributed by atoms with Gasteiger partial charge in [0.2, 0.25) is 0 Å². The van der Waals surface area contributed by atoms with Crippen molar-refractivity contribution < 1.29 is 4.79 Å². The summed E-state index contributed by atoms with van der Waals surface area (Å²) >= 11 is 3.14. The minimum absolute atomic E-state index is 0.0767. The van der Waals surface area contributed by atoms with Crippen LogP contribution >= 0.6 is 23.1 Å². The molecule has 4 rings (SSSR count). The number of thioether (sulfide) groups is 1. The largest absolute Gasteiger partial charge is 0.337 e. The van der Waals surface area contributed by atoms with Crippen molar-refractivity contribution in [2.75, 3.05) is 19.3 Å². The second kappa shape index (κ2) is 7.50. The molecular formula is C18H24N4OS2. The third kappa shape index (κ3) is 3.62. The molecule has 1 aliphatic carbocycles. The number of carbonyl (C=O) groups is 1. The van der Waals surface area contributed by atoms with Crippen LogP contribution in [0.5, 0.6) is 0 Å². The number of hydrogen-bond acceptors (Lipinski definition) is 5. The SMILES string of the molecule is CSc1nc(C(=O)N2CCC(c3nccn3CC3CCC3)CC2)cs1. The zero-order valence-electron chi connectivity index (χ0n) is 14.6. The molecule has 0 spiro atoms. The van der Waals surface area contributed by atoms with E-state index >= 15 is 0 Å². The molecular weight excluding hydrogens is 352 g/mol. The van der Waals surface area contributed by atoms with Gasteiger partial charge < -0.3 is 9.47 Å². The molecule has 1 saturated carbocycles. The molecule has 134 valence electrons. The smallest absolute Gasteiger partial charge is 0.273 e. The maximum atomic E-state index is 12.6. The highest BCUT2D eigenvalue weighted by Gasteiger charge is 2.28. The first-order chi connectivity index (χ1) is 12.2. The average Bonchev–Trinajstić information content (AvgIpc) is 3.27. The van der Waals surface area contributed by atoms with E-state index in [-0.39, 0.29) is 5.91 Å². The first kappa shape index (κ1) is 17.1. The van der Waals surface area contributed by atoms with Gasteiger partial charge in [0.05, 0.1) is 0 Å². The Hall–Kier alpha value is -1.34. The lowest BCUT2D eigenvalue weighted by molar-refractivity contribution is 0.0704. The Bertz CT molecular complexity index is 729. The van der Waals surface area contributed by atoms with Crippen LogP contribution in [0.2, 0.25) is 0 Å². The summed E-state index contributed by atoms with van der Waals surface area (Å²) in [6.07, 6.45) is 12.1. The highest BCUT2D eigenvalue weighted by molar-refractivity contribution is 8.00. The van der Waals surface area contributed by atoms with Crippen molar-refractivity contribution in [3.63, 3.8) is 0 Å². The van der Waals surface area contributed by atoms with Gasteiger partial charge >= 0.3 is 0 Å². The molecule has 2 aromatic heterocycles. The minimum atomic E-state index is 0.0767. The highest BCUT2D eigenvalue weighted by Crippen LogP contribution is 2.32. The molecule has 0 N–H and O–H groups in total. The summed E-state index contributed by atoms with van der Waals surface area (Å²) in [7, 11) is 0. The molecule has 1 saturated heterocycles. The fourth-order valence-corrected chi connectivity index (χ4v) is 4.98. The van der Waals surface area contributed by atoms with Crippen molar-refractivity contribution in [3.05, 3.63) is 29.3 Å². The van der Waals surface area contributed by atoms with Gasteiger partial charge in [-0.3, -0.25) is 4.79 Å². The third-order valence-electron chi connectivity index (χ3n) is 5.45. The van der Waals surface area contributed by atoms with Crippen molar-refractivity contribution in [2.45, 2.75) is 48.9 Å². The van der Waals surface area contributed by atoms with E-state index in [9.17, 15) is 4.79 Å². The molecule has 2 fully saturated rings. The first-order valence-electron chi connectivity index (χ1n) is 9.04. The second-order valence-electron chi connectivity index (χ2n) is 7.00. The zero-order chi connectivity index (χ0) is 17.2. The number of likely N-dealkylation sites (tertiary alicyclic amines) is 1. The van der Waals surface area contributed by atoms with Crippen LogP contribution in [0.1, 0.15) is 54.3 Å². The fraction of sp³-hybridized carbons (Fsp3) is 0.611. The summed E-state index contributed by atoms with van der Waals surface area (Å²) in [5.41, 5.74) is 0.597. The van der Waals surface area contributed by atoms with E-state index in [1.807, 2.05) is 22.7 Å². The van der Waals surface area contributed by atoms with Gasteiger partial charge in [-0.15, -0.1) is 11.3 Å². The lowest BCUT2D eigenvalue weighted by Crippen LogP contribution is -2.38. The van der Waals surface area contributed by atoms with E-state index < -0.39 is 0 Å². The molecule has 5 nitrogen and oxygen atoms in total. The van der Waals surface area contributed by atoms with Crippen LogP contribution in [-0.4, -0.2) is 44.7 Å². The number of nitrogens with zero attached hydrogens (tertiary/aromatic N) is 4. The van der Waals surface area contributed by atoms with E-state index in [1.54, 1.807) is 23.1 Å². The third-order valence-corrected chi connectivity index (χ3v) is 7.31. The quantitative estimate of drug-likeness (QED) is 0.743. The van der Waals surface area contributed by atoms with Gasteiger partial charge in [0.25, 0.3) is 5.91 Å². The Balaban J connectivity index is 1.36. The molecule has 0 unspecified atom stereocenters. The molecule has 25 heavy (non-hydrogen) atoms. The van der Waals surface area contributed by atoms with Gasteiger partial charge in [-0.05, 0) is 37.9 Å². The van der Waals surface area contributed by atoms with Crippen molar-refractivity contribution in [3.8, 4) is 0 Å². The average molecular weight is 377 g/mol. The Morgan fingerprint density at radius 3 is 2.76 bits per heavy atom. The molecule has 0 radical (unpaired) electrons. The number of aromatic nitrogens is 3. The van der Waals surface area contributed by atoms with E-state index in [2.05, 4.69) is 20.7 Å². The minimum Gasteiger partial charge on any atom is -0.337 e. The van der Waals surface area contributed by atoms with Gasteiger partial charge in [-0.1, -0.05) is 18.2 Å². The van der Waals surface area contributed by atoms with Gasteiger partial charge in [0.1, 0.15) is 15.9 Å². The Morgan fingerprint density at radius 2 is 2.12 bits per heavy atom. The zero-order valence-corrected chi connectivity index (χ0v) is 16.2. The van der Waals surface area contributed by atoms with E-state index in [4.69, 9.17) is 0 Å². The van der Waals surface area contributed by atoms with Crippen molar-refractivity contribution in [1.82, 2.24) is 19.4 Å². The summed E-state index contributed by atoms with van der Waals surface area (Å²) in [5.74, 6) is 2.60. The standard InChI is InChI=1S/C18H24N4OS2/c1-24-18-20-15(12-25-18)17(23)21-8-5-14(6-9-21)16-19-7-10-22(16)11-13-3-2-4-13/h7,10,12-14H,2-6,8-9,11H2,1H3. The van der Waals surface area contributed by atoms with Gasteiger partial charge in [-0.25, -0.2) is 9.97 Å².